The lowest BCUT2D eigenvalue weighted by Gasteiger charge is -2.12. The lowest BCUT2D eigenvalue weighted by molar-refractivity contribution is -0.115. The van der Waals surface area contributed by atoms with E-state index in [1.165, 1.54) is 12.1 Å². The lowest BCUT2D eigenvalue weighted by atomic mass is 10.1. The van der Waals surface area contributed by atoms with E-state index in [9.17, 15) is 9.18 Å². The summed E-state index contributed by atoms with van der Waals surface area (Å²) in [6, 6.07) is 11.8. The van der Waals surface area contributed by atoms with Gasteiger partial charge in [-0.3, -0.25) is 4.79 Å². The smallest absolute Gasteiger partial charge is 0.228 e. The number of H-pyrrole nitrogens is 1. The molecule has 2 N–H and O–H groups in total. The van der Waals surface area contributed by atoms with Crippen LogP contribution in [-0.4, -0.2) is 43.0 Å². The summed E-state index contributed by atoms with van der Waals surface area (Å²) in [4.78, 5) is 17.4. The van der Waals surface area contributed by atoms with Crippen molar-refractivity contribution < 1.29 is 13.9 Å². The van der Waals surface area contributed by atoms with E-state index in [4.69, 9.17) is 4.74 Å². The highest BCUT2D eigenvalue weighted by atomic mass is 19.1. The Morgan fingerprint density at radius 1 is 1.23 bits per heavy atom. The number of hydrogen-bond acceptors (Lipinski definition) is 3. The maximum atomic E-state index is 13.3. The molecule has 26 heavy (non-hydrogen) atoms. The molecule has 2 aromatic carbocycles. The van der Waals surface area contributed by atoms with E-state index in [2.05, 4.69) is 10.3 Å². The maximum Gasteiger partial charge on any atom is 0.228 e. The van der Waals surface area contributed by atoms with Gasteiger partial charge in [-0.25, -0.2) is 4.39 Å². The molecule has 1 heterocycles. The molecule has 0 saturated heterocycles. The van der Waals surface area contributed by atoms with Crippen LogP contribution in [0.3, 0.4) is 0 Å². The number of carbonyl (C=O) groups is 1. The number of nitrogens with one attached hydrogen (secondary N) is 2. The number of aromatic amines is 1. The van der Waals surface area contributed by atoms with Crippen LogP contribution in [0.4, 0.5) is 10.1 Å². The first kappa shape index (κ1) is 17.9. The molecule has 1 amide bonds. The third kappa shape index (κ3) is 4.61. The van der Waals surface area contributed by atoms with Gasteiger partial charge in [0.05, 0.1) is 6.42 Å². The van der Waals surface area contributed by atoms with Crippen LogP contribution in [0.2, 0.25) is 0 Å². The number of hydrogen-bond donors (Lipinski definition) is 2. The second kappa shape index (κ2) is 8.01. The van der Waals surface area contributed by atoms with Crippen molar-refractivity contribution >= 4 is 22.5 Å². The second-order valence-electron chi connectivity index (χ2n) is 6.41. The standard InChI is InChI=1S/C20H22FN3O2/c1-24(2)8-9-26-17-5-3-4-16(12-17)23-20(25)10-14-13-22-19-11-15(21)6-7-18(14)19/h3-7,11-13,22H,8-10H2,1-2H3,(H,23,25). The Balaban J connectivity index is 1.62. The highest BCUT2D eigenvalue weighted by Crippen LogP contribution is 2.21. The second-order valence-corrected chi connectivity index (χ2v) is 6.41. The summed E-state index contributed by atoms with van der Waals surface area (Å²) < 4.78 is 18.9. The van der Waals surface area contributed by atoms with Gasteiger partial charge in [0.25, 0.3) is 0 Å². The molecule has 0 aliphatic rings. The van der Waals surface area contributed by atoms with Crippen LogP contribution < -0.4 is 10.1 Å². The molecule has 6 heteroatoms. The number of anilines is 1. The van der Waals surface area contributed by atoms with Crippen molar-refractivity contribution in [2.75, 3.05) is 32.6 Å². The van der Waals surface area contributed by atoms with Crippen LogP contribution in [0.15, 0.2) is 48.7 Å². The highest BCUT2D eigenvalue weighted by molar-refractivity contribution is 5.95. The summed E-state index contributed by atoms with van der Waals surface area (Å²) in [6.07, 6.45) is 1.95. The third-order valence-corrected chi connectivity index (χ3v) is 4.01. The fourth-order valence-corrected chi connectivity index (χ4v) is 2.69. The van der Waals surface area contributed by atoms with Crippen molar-refractivity contribution in [3.05, 3.63) is 60.0 Å². The van der Waals surface area contributed by atoms with Gasteiger partial charge in [-0.05, 0) is 50.0 Å². The molecule has 0 aliphatic heterocycles. The van der Waals surface area contributed by atoms with Crippen LogP contribution in [0.25, 0.3) is 10.9 Å². The molecular formula is C20H22FN3O2. The number of aromatic nitrogens is 1. The van der Waals surface area contributed by atoms with Gasteiger partial charge in [0.15, 0.2) is 0 Å². The van der Waals surface area contributed by atoms with Crippen LogP contribution >= 0.6 is 0 Å². The molecule has 0 spiro atoms. The summed E-state index contributed by atoms with van der Waals surface area (Å²) in [5.74, 6) is 0.273. The molecule has 3 rings (SSSR count). The molecule has 0 radical (unpaired) electrons. The molecule has 0 aliphatic carbocycles. The van der Waals surface area contributed by atoms with Gasteiger partial charge in [-0.1, -0.05) is 6.07 Å². The minimum Gasteiger partial charge on any atom is -0.492 e. The van der Waals surface area contributed by atoms with Crippen molar-refractivity contribution in [2.45, 2.75) is 6.42 Å². The number of halogens is 1. The van der Waals surface area contributed by atoms with E-state index in [1.54, 1.807) is 18.3 Å². The Hall–Kier alpha value is -2.86. The van der Waals surface area contributed by atoms with E-state index >= 15 is 0 Å². The first-order valence-electron chi connectivity index (χ1n) is 8.44. The largest absolute Gasteiger partial charge is 0.492 e. The SMILES string of the molecule is CN(C)CCOc1cccc(NC(=O)Cc2c[nH]c3cc(F)ccc23)c1. The Morgan fingerprint density at radius 3 is 2.88 bits per heavy atom. The first-order chi connectivity index (χ1) is 12.5. The molecule has 5 nitrogen and oxygen atoms in total. The zero-order valence-electron chi connectivity index (χ0n) is 14.9. The van der Waals surface area contributed by atoms with E-state index in [1.807, 2.05) is 37.2 Å². The molecule has 0 fully saturated rings. The van der Waals surface area contributed by atoms with Gasteiger partial charge < -0.3 is 19.9 Å². The van der Waals surface area contributed by atoms with Crippen molar-refractivity contribution in [1.29, 1.82) is 0 Å². The minimum absolute atomic E-state index is 0.138. The Morgan fingerprint density at radius 2 is 2.08 bits per heavy atom. The number of rotatable bonds is 7. The van der Waals surface area contributed by atoms with Crippen molar-refractivity contribution in [2.24, 2.45) is 0 Å². The number of ether oxygens (including phenoxy) is 1. The molecule has 0 unspecified atom stereocenters. The first-order valence-corrected chi connectivity index (χ1v) is 8.44. The molecule has 3 aromatic rings. The topological polar surface area (TPSA) is 57.4 Å². The van der Waals surface area contributed by atoms with E-state index in [-0.39, 0.29) is 18.1 Å². The summed E-state index contributed by atoms with van der Waals surface area (Å²) in [5, 5.41) is 3.73. The molecule has 0 saturated carbocycles. The van der Waals surface area contributed by atoms with E-state index in [0.717, 1.165) is 17.5 Å². The molecular weight excluding hydrogens is 333 g/mol. The summed E-state index contributed by atoms with van der Waals surface area (Å²) in [6.45, 7) is 1.40. The van der Waals surface area contributed by atoms with Gasteiger partial charge in [0, 0.05) is 35.4 Å². The lowest BCUT2D eigenvalue weighted by Crippen LogP contribution is -2.19. The van der Waals surface area contributed by atoms with Crippen molar-refractivity contribution in [3.63, 3.8) is 0 Å². The average molecular weight is 355 g/mol. The number of likely N-dealkylation sites (N-methyl/N-ethyl adjacent to an activating group) is 1. The predicted molar refractivity (Wildman–Crippen MR) is 101 cm³/mol. The summed E-state index contributed by atoms with van der Waals surface area (Å²) in [7, 11) is 3.97. The van der Waals surface area contributed by atoms with Crippen LogP contribution in [0.1, 0.15) is 5.56 Å². The van der Waals surface area contributed by atoms with Gasteiger partial charge in [-0.15, -0.1) is 0 Å². The van der Waals surface area contributed by atoms with Crippen LogP contribution in [-0.2, 0) is 11.2 Å². The third-order valence-electron chi connectivity index (χ3n) is 4.01. The zero-order valence-corrected chi connectivity index (χ0v) is 14.9. The monoisotopic (exact) mass is 355 g/mol. The number of amides is 1. The quantitative estimate of drug-likeness (QED) is 0.683. The molecule has 136 valence electrons. The van der Waals surface area contributed by atoms with E-state index < -0.39 is 0 Å². The fourth-order valence-electron chi connectivity index (χ4n) is 2.69. The minimum atomic E-state index is -0.304. The van der Waals surface area contributed by atoms with Crippen LogP contribution in [0, 0.1) is 5.82 Å². The predicted octanol–water partition coefficient (Wildman–Crippen LogP) is 3.43. The van der Waals surface area contributed by atoms with Crippen LogP contribution in [0.5, 0.6) is 5.75 Å². The Labute approximate surface area is 151 Å². The Bertz CT molecular complexity index is 905. The fraction of sp³-hybridized carbons (Fsp3) is 0.250. The Kier molecular flexibility index (Phi) is 5.53. The zero-order chi connectivity index (χ0) is 18.5. The van der Waals surface area contributed by atoms with Gasteiger partial charge >= 0.3 is 0 Å². The average Bonchev–Trinajstić information content (AvgIpc) is 2.96. The molecule has 0 atom stereocenters. The van der Waals surface area contributed by atoms with Crippen molar-refractivity contribution in [1.82, 2.24) is 9.88 Å². The normalized spacial score (nSPS) is 11.1. The van der Waals surface area contributed by atoms with E-state index in [0.29, 0.717) is 23.6 Å². The maximum absolute atomic E-state index is 13.3. The van der Waals surface area contributed by atoms with Gasteiger partial charge in [0.2, 0.25) is 5.91 Å². The number of carbonyl (C=O) groups excluding carboxylic acids is 1. The summed E-state index contributed by atoms with van der Waals surface area (Å²) in [5.41, 5.74) is 2.20. The highest BCUT2D eigenvalue weighted by Gasteiger charge is 2.10. The number of benzene rings is 2. The number of nitrogens with zero attached hydrogens (tertiary/aromatic N) is 1. The van der Waals surface area contributed by atoms with Gasteiger partial charge in [-0.2, -0.15) is 0 Å². The van der Waals surface area contributed by atoms with Crippen molar-refractivity contribution in [3.8, 4) is 5.75 Å². The molecule has 1 aromatic heterocycles. The van der Waals surface area contributed by atoms with Gasteiger partial charge in [0.1, 0.15) is 18.2 Å². The molecule has 0 bridgehead atoms. The summed E-state index contributed by atoms with van der Waals surface area (Å²) >= 11 is 0. The number of fused-ring (bicyclic) bond motifs is 1.